The summed E-state index contributed by atoms with van der Waals surface area (Å²) in [6.45, 7) is 0.649. The van der Waals surface area contributed by atoms with Gasteiger partial charge in [-0.1, -0.05) is 11.1 Å². The van der Waals surface area contributed by atoms with Gasteiger partial charge in [-0.2, -0.15) is 0 Å². The minimum absolute atomic E-state index is 0.0249. The molecule has 6 heteroatoms. The van der Waals surface area contributed by atoms with Crippen molar-refractivity contribution < 1.29 is 20.1 Å². The summed E-state index contributed by atoms with van der Waals surface area (Å²) in [5.41, 5.74) is 9.52. The average Bonchev–Trinajstić information content (AvgIpc) is 2.52. The van der Waals surface area contributed by atoms with E-state index in [2.05, 4.69) is 0 Å². The molecule has 1 atom stereocenters. The first-order valence-electron chi connectivity index (χ1n) is 7.87. The summed E-state index contributed by atoms with van der Waals surface area (Å²) >= 11 is 0. The second-order valence-electron chi connectivity index (χ2n) is 6.31. The Kier molecular flexibility index (Phi) is 4.28. The van der Waals surface area contributed by atoms with Gasteiger partial charge in [-0.05, 0) is 30.9 Å². The van der Waals surface area contributed by atoms with E-state index in [1.54, 1.807) is 0 Å². The highest BCUT2D eigenvalue weighted by Gasteiger charge is 2.32. The number of aliphatic hydroxyl groups is 1. The SMILES string of the molecule is Nc1cc(O)c(O)cc1CC1C2=C(CCN1CO)CC(=O)CC2. The molecule has 124 valence electrons. The number of hydrogen-bond donors (Lipinski definition) is 4. The van der Waals surface area contributed by atoms with Crippen molar-refractivity contribution in [1.82, 2.24) is 4.90 Å². The summed E-state index contributed by atoms with van der Waals surface area (Å²) in [5.74, 6) is -0.160. The molecular formula is C17H22N2O4. The lowest BCUT2D eigenvalue weighted by atomic mass is 9.80. The maximum absolute atomic E-state index is 11.7. The van der Waals surface area contributed by atoms with Crippen LogP contribution in [0.15, 0.2) is 23.3 Å². The largest absolute Gasteiger partial charge is 0.504 e. The van der Waals surface area contributed by atoms with Gasteiger partial charge in [0.1, 0.15) is 5.78 Å². The second-order valence-corrected chi connectivity index (χ2v) is 6.31. The molecule has 3 rings (SSSR count). The molecule has 0 saturated carbocycles. The summed E-state index contributed by atoms with van der Waals surface area (Å²) in [5, 5.41) is 28.9. The number of nitrogens with two attached hydrogens (primary N) is 1. The van der Waals surface area contributed by atoms with Gasteiger partial charge in [0.15, 0.2) is 11.5 Å². The van der Waals surface area contributed by atoms with Crippen molar-refractivity contribution in [2.24, 2.45) is 0 Å². The number of benzene rings is 1. The van der Waals surface area contributed by atoms with Gasteiger partial charge in [0.05, 0.1) is 6.73 Å². The zero-order chi connectivity index (χ0) is 16.6. The van der Waals surface area contributed by atoms with Crippen LogP contribution < -0.4 is 5.73 Å². The first-order chi connectivity index (χ1) is 11.0. The summed E-state index contributed by atoms with van der Waals surface area (Å²) in [6.07, 6.45) is 3.13. The van der Waals surface area contributed by atoms with Gasteiger partial charge >= 0.3 is 0 Å². The highest BCUT2D eigenvalue weighted by atomic mass is 16.3. The Hall–Kier alpha value is -2.05. The highest BCUT2D eigenvalue weighted by molar-refractivity contribution is 5.83. The number of anilines is 1. The maximum atomic E-state index is 11.7. The fourth-order valence-electron chi connectivity index (χ4n) is 3.64. The second kappa shape index (κ2) is 6.22. The number of carbonyl (C=O) groups excluding carboxylic acids is 1. The van der Waals surface area contributed by atoms with Crippen molar-refractivity contribution in [1.29, 1.82) is 0 Å². The van der Waals surface area contributed by atoms with Crippen molar-refractivity contribution in [3.8, 4) is 11.5 Å². The number of aliphatic hydroxyl groups excluding tert-OH is 1. The minimum Gasteiger partial charge on any atom is -0.504 e. The molecule has 1 aromatic rings. The molecule has 1 heterocycles. The Labute approximate surface area is 134 Å². The molecule has 1 aliphatic heterocycles. The molecule has 0 fully saturated rings. The Morgan fingerprint density at radius 3 is 2.65 bits per heavy atom. The Balaban J connectivity index is 1.93. The average molecular weight is 318 g/mol. The molecule has 0 aromatic heterocycles. The number of ketones is 1. The molecule has 2 aliphatic rings. The van der Waals surface area contributed by atoms with Crippen LogP contribution >= 0.6 is 0 Å². The van der Waals surface area contributed by atoms with Gasteiger partial charge in [0, 0.05) is 37.2 Å². The van der Waals surface area contributed by atoms with E-state index in [1.165, 1.54) is 23.3 Å². The fraction of sp³-hybridized carbons (Fsp3) is 0.471. The van der Waals surface area contributed by atoms with Crippen LogP contribution in [0.3, 0.4) is 0 Å². The van der Waals surface area contributed by atoms with Crippen LogP contribution in [0.25, 0.3) is 0 Å². The summed E-state index contributed by atoms with van der Waals surface area (Å²) in [6, 6.07) is 2.79. The lowest BCUT2D eigenvalue weighted by molar-refractivity contribution is -0.119. The molecular weight excluding hydrogens is 296 g/mol. The molecule has 0 spiro atoms. The number of hydrogen-bond acceptors (Lipinski definition) is 6. The van der Waals surface area contributed by atoms with Crippen molar-refractivity contribution in [2.45, 2.75) is 38.1 Å². The van der Waals surface area contributed by atoms with Crippen molar-refractivity contribution in [2.75, 3.05) is 19.0 Å². The number of rotatable bonds is 3. The van der Waals surface area contributed by atoms with Crippen LogP contribution in [0.2, 0.25) is 0 Å². The monoisotopic (exact) mass is 318 g/mol. The van der Waals surface area contributed by atoms with E-state index in [0.29, 0.717) is 31.5 Å². The van der Waals surface area contributed by atoms with E-state index in [9.17, 15) is 20.1 Å². The normalized spacial score (nSPS) is 22.3. The quantitative estimate of drug-likeness (QED) is 0.290. The molecule has 1 aromatic carbocycles. The van der Waals surface area contributed by atoms with E-state index < -0.39 is 0 Å². The number of carbonyl (C=O) groups is 1. The molecule has 1 aliphatic carbocycles. The number of aromatic hydroxyl groups is 2. The predicted molar refractivity (Wildman–Crippen MR) is 86.0 cm³/mol. The first kappa shape index (κ1) is 15.8. The highest BCUT2D eigenvalue weighted by Crippen LogP contribution is 2.37. The van der Waals surface area contributed by atoms with Gasteiger partial charge in [-0.3, -0.25) is 9.69 Å². The van der Waals surface area contributed by atoms with Gasteiger partial charge in [-0.25, -0.2) is 0 Å². The zero-order valence-corrected chi connectivity index (χ0v) is 13.0. The third-order valence-corrected chi connectivity index (χ3v) is 4.91. The lowest BCUT2D eigenvalue weighted by Gasteiger charge is -2.39. The molecule has 0 amide bonds. The van der Waals surface area contributed by atoms with E-state index in [-0.39, 0.29) is 30.1 Å². The Morgan fingerprint density at radius 2 is 1.91 bits per heavy atom. The van der Waals surface area contributed by atoms with Gasteiger partial charge < -0.3 is 21.1 Å². The van der Waals surface area contributed by atoms with Crippen LogP contribution in [0.5, 0.6) is 11.5 Å². The summed E-state index contributed by atoms with van der Waals surface area (Å²) in [7, 11) is 0. The van der Waals surface area contributed by atoms with Gasteiger partial charge in [-0.15, -0.1) is 0 Å². The summed E-state index contributed by atoms with van der Waals surface area (Å²) in [4.78, 5) is 13.7. The van der Waals surface area contributed by atoms with E-state index >= 15 is 0 Å². The molecule has 0 saturated heterocycles. The molecule has 5 N–H and O–H groups in total. The van der Waals surface area contributed by atoms with Crippen molar-refractivity contribution in [3.05, 3.63) is 28.8 Å². The molecule has 23 heavy (non-hydrogen) atoms. The summed E-state index contributed by atoms with van der Waals surface area (Å²) < 4.78 is 0. The Morgan fingerprint density at radius 1 is 1.17 bits per heavy atom. The first-order valence-corrected chi connectivity index (χ1v) is 7.87. The molecule has 0 bridgehead atoms. The number of Topliss-reactive ketones (excluding diaryl/α,β-unsaturated/α-hetero) is 1. The number of phenolic OH excluding ortho intramolecular Hbond substituents is 2. The fourth-order valence-corrected chi connectivity index (χ4v) is 3.64. The van der Waals surface area contributed by atoms with Gasteiger partial charge in [0.25, 0.3) is 0 Å². The standard InChI is InChI=1S/C17H22N2O4/c18-14-8-17(23)16(22)7-11(14)6-15-13-2-1-12(21)5-10(13)3-4-19(15)9-20/h7-8,15,20,22-23H,1-6,9,18H2. The van der Waals surface area contributed by atoms with Crippen molar-refractivity contribution in [3.63, 3.8) is 0 Å². The topological polar surface area (TPSA) is 107 Å². The number of nitrogens with zero attached hydrogens (tertiary/aromatic N) is 1. The Bertz CT molecular complexity index is 669. The van der Waals surface area contributed by atoms with Crippen LogP contribution in [0.1, 0.15) is 31.2 Å². The van der Waals surface area contributed by atoms with Crippen LogP contribution in [-0.2, 0) is 11.2 Å². The number of phenols is 2. The van der Waals surface area contributed by atoms with Crippen LogP contribution in [-0.4, -0.2) is 45.3 Å². The van der Waals surface area contributed by atoms with Crippen LogP contribution in [0, 0.1) is 0 Å². The van der Waals surface area contributed by atoms with E-state index in [4.69, 9.17) is 5.73 Å². The molecule has 0 radical (unpaired) electrons. The zero-order valence-electron chi connectivity index (χ0n) is 13.0. The van der Waals surface area contributed by atoms with Crippen molar-refractivity contribution >= 4 is 11.5 Å². The molecule has 6 nitrogen and oxygen atoms in total. The smallest absolute Gasteiger partial charge is 0.159 e. The minimum atomic E-state index is -0.239. The lowest BCUT2D eigenvalue weighted by Crippen LogP contribution is -2.44. The van der Waals surface area contributed by atoms with E-state index in [1.807, 2.05) is 4.90 Å². The maximum Gasteiger partial charge on any atom is 0.159 e. The molecule has 1 unspecified atom stereocenters. The van der Waals surface area contributed by atoms with E-state index in [0.717, 1.165) is 18.4 Å². The third-order valence-electron chi connectivity index (χ3n) is 4.91. The predicted octanol–water partition coefficient (Wildman–Crippen LogP) is 1.30. The number of nitrogen functional groups attached to an aromatic ring is 1. The van der Waals surface area contributed by atoms with Crippen LogP contribution in [0.4, 0.5) is 5.69 Å². The van der Waals surface area contributed by atoms with Gasteiger partial charge in [0.2, 0.25) is 0 Å². The third kappa shape index (κ3) is 3.04.